The number of aliphatic hydroxyl groups is 1. The van der Waals surface area contributed by atoms with Crippen LogP contribution in [0.3, 0.4) is 0 Å². The predicted octanol–water partition coefficient (Wildman–Crippen LogP) is 1.22. The van der Waals surface area contributed by atoms with Gasteiger partial charge in [0.25, 0.3) is 0 Å². The van der Waals surface area contributed by atoms with Gasteiger partial charge in [0, 0.05) is 18.6 Å². The maximum Gasteiger partial charge on any atom is 0.148 e. The first-order chi connectivity index (χ1) is 6.53. The van der Waals surface area contributed by atoms with Crippen LogP contribution in [0.15, 0.2) is 12.1 Å². The molecular formula is C10H17N3O. The second-order valence-electron chi connectivity index (χ2n) is 4.24. The summed E-state index contributed by atoms with van der Waals surface area (Å²) in [7, 11) is 0. The van der Waals surface area contributed by atoms with E-state index >= 15 is 0 Å². The fourth-order valence-electron chi connectivity index (χ4n) is 0.879. The van der Waals surface area contributed by atoms with E-state index in [2.05, 4.69) is 15.5 Å². The number of aromatic nitrogens is 2. The summed E-state index contributed by atoms with van der Waals surface area (Å²) >= 11 is 0. The summed E-state index contributed by atoms with van der Waals surface area (Å²) in [6.45, 7) is 6.71. The zero-order valence-electron chi connectivity index (χ0n) is 8.91. The van der Waals surface area contributed by atoms with Crippen LogP contribution in [-0.4, -0.2) is 28.5 Å². The highest BCUT2D eigenvalue weighted by molar-refractivity contribution is 5.32. The third-order valence-electron chi connectivity index (χ3n) is 1.97. The molecule has 0 aromatic carbocycles. The fraction of sp³-hybridized carbons (Fsp3) is 0.600. The van der Waals surface area contributed by atoms with Crippen LogP contribution in [0, 0.1) is 12.3 Å². The Morgan fingerprint density at radius 1 is 1.36 bits per heavy atom. The first-order valence-corrected chi connectivity index (χ1v) is 4.68. The molecule has 0 aliphatic rings. The molecule has 0 atom stereocenters. The standard InChI is InChI=1S/C10H17N3O/c1-8-4-5-9(13-12-8)11-6-10(2,3)7-14/h4-5,14H,6-7H2,1-3H3,(H,11,13). The molecule has 1 aromatic heterocycles. The van der Waals surface area contributed by atoms with Crippen LogP contribution in [0.5, 0.6) is 0 Å². The van der Waals surface area contributed by atoms with Crippen LogP contribution in [0.25, 0.3) is 0 Å². The van der Waals surface area contributed by atoms with E-state index in [1.165, 1.54) is 0 Å². The number of aryl methyl sites for hydroxylation is 1. The lowest BCUT2D eigenvalue weighted by Crippen LogP contribution is -2.27. The summed E-state index contributed by atoms with van der Waals surface area (Å²) in [5, 5.41) is 20.1. The molecule has 0 fully saturated rings. The summed E-state index contributed by atoms with van der Waals surface area (Å²) in [4.78, 5) is 0. The highest BCUT2D eigenvalue weighted by atomic mass is 16.3. The summed E-state index contributed by atoms with van der Waals surface area (Å²) in [6, 6.07) is 3.79. The van der Waals surface area contributed by atoms with Crippen LogP contribution in [-0.2, 0) is 0 Å². The number of hydrogen-bond donors (Lipinski definition) is 2. The molecule has 1 heterocycles. The molecule has 0 aliphatic heterocycles. The molecule has 0 saturated carbocycles. The lowest BCUT2D eigenvalue weighted by atomic mass is 9.95. The molecule has 0 spiro atoms. The molecule has 4 nitrogen and oxygen atoms in total. The van der Waals surface area contributed by atoms with E-state index in [1.807, 2.05) is 32.9 Å². The van der Waals surface area contributed by atoms with E-state index in [0.29, 0.717) is 6.54 Å². The van der Waals surface area contributed by atoms with E-state index in [0.717, 1.165) is 11.5 Å². The minimum absolute atomic E-state index is 0.132. The van der Waals surface area contributed by atoms with Gasteiger partial charge in [-0.25, -0.2) is 0 Å². The van der Waals surface area contributed by atoms with Gasteiger partial charge in [0.15, 0.2) is 0 Å². The van der Waals surface area contributed by atoms with Crippen molar-refractivity contribution in [3.63, 3.8) is 0 Å². The number of aliphatic hydroxyl groups excluding tert-OH is 1. The molecule has 1 rings (SSSR count). The van der Waals surface area contributed by atoms with Gasteiger partial charge >= 0.3 is 0 Å². The lowest BCUT2D eigenvalue weighted by molar-refractivity contribution is 0.170. The predicted molar refractivity (Wildman–Crippen MR) is 56.1 cm³/mol. The van der Waals surface area contributed by atoms with Crippen molar-refractivity contribution in [2.75, 3.05) is 18.5 Å². The Kier molecular flexibility index (Phi) is 3.41. The highest BCUT2D eigenvalue weighted by Crippen LogP contribution is 2.14. The van der Waals surface area contributed by atoms with Gasteiger partial charge in [-0.1, -0.05) is 13.8 Å². The fourth-order valence-corrected chi connectivity index (χ4v) is 0.879. The molecule has 4 heteroatoms. The molecule has 0 amide bonds. The van der Waals surface area contributed by atoms with E-state index in [4.69, 9.17) is 5.11 Å². The molecule has 0 aliphatic carbocycles. The lowest BCUT2D eigenvalue weighted by Gasteiger charge is -2.21. The van der Waals surface area contributed by atoms with Gasteiger partial charge in [0.2, 0.25) is 0 Å². The van der Waals surface area contributed by atoms with Crippen molar-refractivity contribution in [2.45, 2.75) is 20.8 Å². The summed E-state index contributed by atoms with van der Waals surface area (Å²) in [5.41, 5.74) is 0.768. The average Bonchev–Trinajstić information content (AvgIpc) is 2.17. The van der Waals surface area contributed by atoms with Gasteiger partial charge in [-0.15, -0.1) is 5.10 Å². The molecule has 2 N–H and O–H groups in total. The molecule has 0 bridgehead atoms. The zero-order chi connectivity index (χ0) is 10.6. The molecule has 1 aromatic rings. The Morgan fingerprint density at radius 3 is 2.57 bits per heavy atom. The van der Waals surface area contributed by atoms with Gasteiger partial charge in [0.1, 0.15) is 5.82 Å². The smallest absolute Gasteiger partial charge is 0.148 e. The van der Waals surface area contributed by atoms with Crippen LogP contribution in [0.2, 0.25) is 0 Å². The maximum absolute atomic E-state index is 9.04. The second kappa shape index (κ2) is 4.37. The Morgan fingerprint density at radius 2 is 2.07 bits per heavy atom. The topological polar surface area (TPSA) is 58.0 Å². The SMILES string of the molecule is Cc1ccc(NCC(C)(C)CO)nn1. The van der Waals surface area contributed by atoms with Gasteiger partial charge in [0.05, 0.1) is 5.69 Å². The van der Waals surface area contributed by atoms with Crippen LogP contribution in [0.4, 0.5) is 5.82 Å². The van der Waals surface area contributed by atoms with Gasteiger partial charge < -0.3 is 10.4 Å². The van der Waals surface area contributed by atoms with Crippen molar-refractivity contribution in [1.29, 1.82) is 0 Å². The normalized spacial score (nSPS) is 11.4. The molecule has 14 heavy (non-hydrogen) atoms. The summed E-state index contributed by atoms with van der Waals surface area (Å²) in [5.74, 6) is 0.747. The van der Waals surface area contributed by atoms with Crippen LogP contribution >= 0.6 is 0 Å². The van der Waals surface area contributed by atoms with Crippen molar-refractivity contribution in [3.05, 3.63) is 17.8 Å². The molecule has 0 radical (unpaired) electrons. The van der Waals surface area contributed by atoms with Crippen molar-refractivity contribution in [2.24, 2.45) is 5.41 Å². The van der Waals surface area contributed by atoms with E-state index in [9.17, 15) is 0 Å². The van der Waals surface area contributed by atoms with E-state index < -0.39 is 0 Å². The largest absolute Gasteiger partial charge is 0.396 e. The van der Waals surface area contributed by atoms with Gasteiger partial charge in [-0.05, 0) is 19.1 Å². The minimum atomic E-state index is -0.132. The Bertz CT molecular complexity index is 282. The number of anilines is 1. The minimum Gasteiger partial charge on any atom is -0.396 e. The average molecular weight is 195 g/mol. The van der Waals surface area contributed by atoms with Crippen molar-refractivity contribution >= 4 is 5.82 Å². The first kappa shape index (κ1) is 10.9. The van der Waals surface area contributed by atoms with Crippen molar-refractivity contribution < 1.29 is 5.11 Å². The summed E-state index contributed by atoms with van der Waals surface area (Å²) < 4.78 is 0. The molecule has 78 valence electrons. The first-order valence-electron chi connectivity index (χ1n) is 4.68. The maximum atomic E-state index is 9.04. The van der Waals surface area contributed by atoms with E-state index in [-0.39, 0.29) is 12.0 Å². The number of nitrogens with zero attached hydrogens (tertiary/aromatic N) is 2. The Balaban J connectivity index is 2.50. The number of rotatable bonds is 4. The molecule has 0 unspecified atom stereocenters. The number of nitrogens with one attached hydrogen (secondary N) is 1. The molecule has 0 saturated heterocycles. The van der Waals surface area contributed by atoms with Gasteiger partial charge in [-0.3, -0.25) is 0 Å². The third-order valence-corrected chi connectivity index (χ3v) is 1.97. The second-order valence-corrected chi connectivity index (χ2v) is 4.24. The Labute approximate surface area is 84.4 Å². The Hall–Kier alpha value is -1.16. The van der Waals surface area contributed by atoms with Crippen LogP contribution in [0.1, 0.15) is 19.5 Å². The zero-order valence-corrected chi connectivity index (χ0v) is 8.91. The molecular weight excluding hydrogens is 178 g/mol. The van der Waals surface area contributed by atoms with Crippen LogP contribution < -0.4 is 5.32 Å². The van der Waals surface area contributed by atoms with Crippen molar-refractivity contribution in [1.82, 2.24) is 10.2 Å². The van der Waals surface area contributed by atoms with Gasteiger partial charge in [-0.2, -0.15) is 5.10 Å². The number of hydrogen-bond acceptors (Lipinski definition) is 4. The monoisotopic (exact) mass is 195 g/mol. The quantitative estimate of drug-likeness (QED) is 0.758. The van der Waals surface area contributed by atoms with Crippen molar-refractivity contribution in [3.8, 4) is 0 Å². The third kappa shape index (κ3) is 3.30. The van der Waals surface area contributed by atoms with E-state index in [1.54, 1.807) is 0 Å². The highest BCUT2D eigenvalue weighted by Gasteiger charge is 2.15. The summed E-state index contributed by atoms with van der Waals surface area (Å²) in [6.07, 6.45) is 0.